The average Bonchev–Trinajstić information content (AvgIpc) is 2.01. The lowest BCUT2D eigenvalue weighted by molar-refractivity contribution is 1.73. The van der Waals surface area contributed by atoms with Crippen LogP contribution in [0.5, 0.6) is 0 Å². The molecule has 0 aliphatic heterocycles. The largest absolute Gasteiger partial charge is 0.0696 e. The van der Waals surface area contributed by atoms with Crippen LogP contribution in [0.2, 0.25) is 0 Å². The van der Waals surface area contributed by atoms with E-state index >= 15 is 0 Å². The van der Waals surface area contributed by atoms with Crippen LogP contribution in [0.1, 0.15) is 0 Å². The van der Waals surface area contributed by atoms with Gasteiger partial charge in [0.25, 0.3) is 0 Å². The maximum atomic E-state index is 2.80. The third-order valence-electron chi connectivity index (χ3n) is 0.948. The Morgan fingerprint density at radius 1 is 0.700 bits per heavy atom. The lowest BCUT2D eigenvalue weighted by Gasteiger charge is -1.65. The molecule has 0 aliphatic carbocycles. The fraction of sp³-hybridized carbons (Fsp3) is 0. The van der Waals surface area contributed by atoms with Crippen molar-refractivity contribution in [1.82, 2.24) is 0 Å². The van der Waals surface area contributed by atoms with Crippen LogP contribution in [-0.2, 0) is 0 Å². The van der Waals surface area contributed by atoms with Crippen molar-refractivity contribution in [3.63, 3.8) is 0 Å². The predicted molar refractivity (Wildman–Crippen MR) is 40.6 cm³/mol. The summed E-state index contributed by atoms with van der Waals surface area (Å²) in [7, 11) is 0. The van der Waals surface area contributed by atoms with Crippen LogP contribution in [0.15, 0.2) is 42.5 Å². The summed E-state index contributed by atoms with van der Waals surface area (Å²) in [5, 5.41) is 0. The molecule has 0 bridgehead atoms. The second-order valence-corrected chi connectivity index (χ2v) is 1.71. The summed E-state index contributed by atoms with van der Waals surface area (Å²) in [4.78, 5) is 0. The molecule has 0 N–H and O–H groups in total. The van der Waals surface area contributed by atoms with E-state index in [-0.39, 0.29) is 0 Å². The monoisotopic (exact) mass is 127 g/mol. The van der Waals surface area contributed by atoms with Crippen molar-refractivity contribution >= 4 is 0 Å². The lowest BCUT2D eigenvalue weighted by Crippen LogP contribution is -1.46. The molecule has 47 valence electrons. The second-order valence-electron chi connectivity index (χ2n) is 1.71. The van der Waals surface area contributed by atoms with Crippen LogP contribution in [-0.4, -0.2) is 0 Å². The molecule has 0 unspecified atom stereocenters. The molecule has 0 aliphatic rings. The first-order chi connectivity index (χ1) is 5.00. The van der Waals surface area contributed by atoms with Gasteiger partial charge in [-0.2, -0.15) is 0 Å². The fourth-order valence-electron chi connectivity index (χ4n) is 0.525. The van der Waals surface area contributed by atoms with Crippen molar-refractivity contribution in [3.8, 4) is 0 Å². The third kappa shape index (κ3) is 2.74. The molecule has 0 saturated carbocycles. The van der Waals surface area contributed by atoms with E-state index in [4.69, 9.17) is 0 Å². The van der Waals surface area contributed by atoms with E-state index in [0.29, 0.717) is 0 Å². The van der Waals surface area contributed by atoms with Gasteiger partial charge < -0.3 is 0 Å². The van der Waals surface area contributed by atoms with Gasteiger partial charge in [0, 0.05) is 6.07 Å². The van der Waals surface area contributed by atoms with Gasteiger partial charge in [0.1, 0.15) is 0 Å². The highest BCUT2D eigenvalue weighted by Crippen LogP contribution is 1.75. The quantitative estimate of drug-likeness (QED) is 0.501. The molecular weight excluding hydrogens is 120 g/mol. The van der Waals surface area contributed by atoms with Gasteiger partial charge >= 0.3 is 0 Å². The van der Waals surface area contributed by atoms with Crippen LogP contribution in [0, 0.1) is 18.2 Å². The standard InChI is InChI=1S/C10H7/c1-2-4-6-8-10-9-7-5-3-1/h1-7H. The molecule has 1 radical (unpaired) electrons. The first kappa shape index (κ1) is 6.64. The Morgan fingerprint density at radius 2 is 1.40 bits per heavy atom. The van der Waals surface area contributed by atoms with E-state index in [0.717, 1.165) is 0 Å². The van der Waals surface area contributed by atoms with Gasteiger partial charge in [0.05, 0.1) is 0 Å². The number of hydrogen-bond donors (Lipinski definition) is 0. The van der Waals surface area contributed by atoms with Crippen LogP contribution in [0.4, 0.5) is 0 Å². The second kappa shape index (κ2) is 4.40. The highest BCUT2D eigenvalue weighted by Gasteiger charge is 1.56. The van der Waals surface area contributed by atoms with E-state index in [9.17, 15) is 0 Å². The summed E-state index contributed by atoms with van der Waals surface area (Å²) >= 11 is 0. The third-order valence-corrected chi connectivity index (χ3v) is 0.948. The zero-order valence-electron chi connectivity index (χ0n) is 5.54. The summed E-state index contributed by atoms with van der Waals surface area (Å²) in [6.45, 7) is 0. The van der Waals surface area contributed by atoms with E-state index in [1.54, 1.807) is 12.1 Å². The van der Waals surface area contributed by atoms with Gasteiger partial charge in [-0.25, -0.2) is 0 Å². The Balaban J connectivity index is 3.00. The fourth-order valence-corrected chi connectivity index (χ4v) is 0.525. The van der Waals surface area contributed by atoms with Gasteiger partial charge in [-0.3, -0.25) is 0 Å². The van der Waals surface area contributed by atoms with Gasteiger partial charge in [-0.1, -0.05) is 42.5 Å². The summed E-state index contributed by atoms with van der Waals surface area (Å²) in [5.41, 5.74) is 0. The van der Waals surface area contributed by atoms with Crippen LogP contribution >= 0.6 is 0 Å². The topological polar surface area (TPSA) is 0 Å². The first-order valence-electron chi connectivity index (χ1n) is 3.08. The first-order valence-corrected chi connectivity index (χ1v) is 3.08. The zero-order chi connectivity index (χ0) is 7.07. The maximum absolute atomic E-state index is 2.80. The van der Waals surface area contributed by atoms with Crippen molar-refractivity contribution in [3.05, 3.63) is 60.7 Å². The highest BCUT2D eigenvalue weighted by molar-refractivity contribution is 4.94. The molecule has 0 amide bonds. The van der Waals surface area contributed by atoms with Gasteiger partial charge in [-0.05, 0) is 12.1 Å². The summed E-state index contributed by atoms with van der Waals surface area (Å²) in [6, 6.07) is 21.5. The number of hydrogen-bond acceptors (Lipinski definition) is 0. The minimum atomic E-state index is 1.79. The van der Waals surface area contributed by atoms with Crippen molar-refractivity contribution in [2.24, 2.45) is 0 Å². The molecule has 0 atom stereocenters. The smallest absolute Gasteiger partial charge is 0.0405 e. The van der Waals surface area contributed by atoms with Crippen LogP contribution in [0.3, 0.4) is 0 Å². The predicted octanol–water partition coefficient (Wildman–Crippen LogP) is 2.21. The van der Waals surface area contributed by atoms with Gasteiger partial charge in [0.2, 0.25) is 0 Å². The van der Waals surface area contributed by atoms with E-state index in [2.05, 4.69) is 18.2 Å². The van der Waals surface area contributed by atoms with E-state index < -0.39 is 0 Å². The van der Waals surface area contributed by atoms with E-state index in [1.165, 1.54) is 0 Å². The molecule has 0 nitrogen and oxygen atoms in total. The Labute approximate surface area is 61.5 Å². The Hall–Kier alpha value is -1.48. The molecule has 0 aromatic heterocycles. The Kier molecular flexibility index (Phi) is 2.92. The molecule has 1 aromatic carbocycles. The SMILES string of the molecule is c1[c]cccccccc#1. The average molecular weight is 127 g/mol. The van der Waals surface area contributed by atoms with Crippen molar-refractivity contribution in [2.75, 3.05) is 0 Å². The molecule has 1 aromatic rings. The maximum Gasteiger partial charge on any atom is 0.0405 e. The molecule has 0 heterocycles. The molecule has 0 heteroatoms. The van der Waals surface area contributed by atoms with Crippen LogP contribution in [0.25, 0.3) is 0 Å². The zero-order valence-corrected chi connectivity index (χ0v) is 5.54. The lowest BCUT2D eigenvalue weighted by atomic mass is 10.4. The van der Waals surface area contributed by atoms with Crippen molar-refractivity contribution in [2.45, 2.75) is 0 Å². The van der Waals surface area contributed by atoms with Gasteiger partial charge in [0.15, 0.2) is 0 Å². The minimum Gasteiger partial charge on any atom is -0.0696 e. The van der Waals surface area contributed by atoms with E-state index in [1.807, 2.05) is 30.3 Å². The Morgan fingerprint density at radius 3 is 2.30 bits per heavy atom. The van der Waals surface area contributed by atoms with Crippen molar-refractivity contribution in [1.29, 1.82) is 0 Å². The highest BCUT2D eigenvalue weighted by atomic mass is 13.6. The Bertz CT molecular complexity index is 139. The molecule has 1 rings (SSSR count). The molecule has 10 heavy (non-hydrogen) atoms. The summed E-state index contributed by atoms with van der Waals surface area (Å²) < 4.78 is 0. The molecule has 0 fully saturated rings. The van der Waals surface area contributed by atoms with Gasteiger partial charge in [-0.15, -0.1) is 0 Å². The summed E-state index contributed by atoms with van der Waals surface area (Å²) in [5.74, 6) is 0. The molecular formula is C10H7. The molecule has 0 spiro atoms. The van der Waals surface area contributed by atoms with Crippen molar-refractivity contribution < 1.29 is 0 Å². The normalized spacial score (nSPS) is 7.20. The minimum absolute atomic E-state index is 1.79. The number of rotatable bonds is 0. The summed E-state index contributed by atoms with van der Waals surface area (Å²) in [6.07, 6.45) is 0. The molecule has 0 saturated heterocycles. The van der Waals surface area contributed by atoms with Crippen LogP contribution < -0.4 is 0 Å².